The quantitative estimate of drug-likeness (QED) is 0.683. The zero-order valence-corrected chi connectivity index (χ0v) is 15.7. The van der Waals surface area contributed by atoms with Crippen LogP contribution in [0.3, 0.4) is 0 Å². The molecule has 0 saturated carbocycles. The molecule has 0 aliphatic carbocycles. The van der Waals surface area contributed by atoms with E-state index in [-0.39, 0.29) is 46.8 Å². The van der Waals surface area contributed by atoms with E-state index in [0.717, 1.165) is 16.3 Å². The number of phenols is 1. The molecule has 0 aliphatic heterocycles. The van der Waals surface area contributed by atoms with E-state index in [1.54, 1.807) is 30.3 Å². The molecule has 0 fully saturated rings. The van der Waals surface area contributed by atoms with Crippen LogP contribution >= 0.6 is 11.6 Å². The third-order valence-corrected chi connectivity index (χ3v) is 3.78. The molecule has 0 aromatic heterocycles. The molecular formula is C18H14ClNNaO2. The molecule has 0 atom stereocenters. The van der Waals surface area contributed by atoms with Crippen LogP contribution in [0.4, 0.5) is 5.69 Å². The second kappa shape index (κ2) is 7.37. The van der Waals surface area contributed by atoms with Gasteiger partial charge in [0.1, 0.15) is 5.75 Å². The van der Waals surface area contributed by atoms with Gasteiger partial charge in [0.2, 0.25) is 0 Å². The minimum absolute atomic E-state index is 0. The predicted octanol–water partition coefficient (Wildman–Crippen LogP) is 4.38. The van der Waals surface area contributed by atoms with Crippen molar-refractivity contribution in [1.29, 1.82) is 0 Å². The van der Waals surface area contributed by atoms with Gasteiger partial charge in [0.25, 0.3) is 5.91 Å². The van der Waals surface area contributed by atoms with Gasteiger partial charge in [-0.1, -0.05) is 35.9 Å². The molecule has 0 aliphatic rings. The normalized spacial score (nSPS) is 10.2. The number of aromatic hydroxyl groups is 1. The Morgan fingerprint density at radius 3 is 2.35 bits per heavy atom. The summed E-state index contributed by atoms with van der Waals surface area (Å²) >= 11 is 5.91. The first-order valence-electron chi connectivity index (χ1n) is 6.84. The summed E-state index contributed by atoms with van der Waals surface area (Å²) in [5.74, 6) is -0.392. The summed E-state index contributed by atoms with van der Waals surface area (Å²) in [5, 5.41) is 15.3. The van der Waals surface area contributed by atoms with Crippen molar-refractivity contribution in [3.8, 4) is 5.75 Å². The predicted molar refractivity (Wildman–Crippen MR) is 95.5 cm³/mol. The van der Waals surface area contributed by atoms with Gasteiger partial charge < -0.3 is 10.4 Å². The van der Waals surface area contributed by atoms with Gasteiger partial charge in [0.15, 0.2) is 0 Å². The molecule has 1 radical (unpaired) electrons. The first-order valence-corrected chi connectivity index (χ1v) is 7.21. The summed E-state index contributed by atoms with van der Waals surface area (Å²) in [5.41, 5.74) is 1.77. The summed E-state index contributed by atoms with van der Waals surface area (Å²) in [4.78, 5) is 12.4. The van der Waals surface area contributed by atoms with Crippen molar-refractivity contribution in [3.05, 3.63) is 70.7 Å². The van der Waals surface area contributed by atoms with Crippen LogP contribution in [0.1, 0.15) is 15.9 Å². The third kappa shape index (κ3) is 3.88. The Morgan fingerprint density at radius 2 is 1.70 bits per heavy atom. The third-order valence-electron chi connectivity index (χ3n) is 3.55. The van der Waals surface area contributed by atoms with Crippen molar-refractivity contribution in [1.82, 2.24) is 0 Å². The summed E-state index contributed by atoms with van der Waals surface area (Å²) in [6.07, 6.45) is 0. The number of benzene rings is 3. The molecule has 1 amide bonds. The number of amides is 1. The van der Waals surface area contributed by atoms with Gasteiger partial charge in [-0.15, -0.1) is 0 Å². The molecular weight excluding hydrogens is 321 g/mol. The number of nitrogens with one attached hydrogen (secondary N) is 1. The van der Waals surface area contributed by atoms with Crippen molar-refractivity contribution in [3.63, 3.8) is 0 Å². The number of hydrogen-bond donors (Lipinski definition) is 2. The van der Waals surface area contributed by atoms with E-state index in [1.165, 1.54) is 0 Å². The second-order valence-electron chi connectivity index (χ2n) is 5.13. The number of anilines is 1. The number of aryl methyl sites for hydroxylation is 1. The van der Waals surface area contributed by atoms with Crippen LogP contribution in [-0.4, -0.2) is 40.6 Å². The maximum absolute atomic E-state index is 12.4. The zero-order valence-electron chi connectivity index (χ0n) is 12.9. The Hall–Kier alpha value is -1.52. The van der Waals surface area contributed by atoms with Crippen molar-refractivity contribution in [2.75, 3.05) is 5.32 Å². The number of halogens is 1. The number of hydrogen-bond acceptors (Lipinski definition) is 2. The minimum Gasteiger partial charge on any atom is -0.507 e. The van der Waals surface area contributed by atoms with Crippen LogP contribution in [0, 0.1) is 6.92 Å². The molecule has 3 aromatic rings. The van der Waals surface area contributed by atoms with Crippen LogP contribution in [0.5, 0.6) is 5.75 Å². The van der Waals surface area contributed by atoms with Gasteiger partial charge in [-0.3, -0.25) is 4.79 Å². The molecule has 3 rings (SSSR count). The smallest absolute Gasteiger partial charge is 0.259 e. The first kappa shape index (κ1) is 17.8. The van der Waals surface area contributed by atoms with Crippen molar-refractivity contribution >= 4 is 63.5 Å². The van der Waals surface area contributed by atoms with E-state index in [4.69, 9.17) is 11.6 Å². The molecule has 3 nitrogen and oxygen atoms in total. The van der Waals surface area contributed by atoms with Gasteiger partial charge in [-0.05, 0) is 53.6 Å². The van der Waals surface area contributed by atoms with Crippen LogP contribution < -0.4 is 5.32 Å². The van der Waals surface area contributed by atoms with Gasteiger partial charge in [0, 0.05) is 40.3 Å². The molecule has 0 spiro atoms. The second-order valence-corrected chi connectivity index (χ2v) is 5.57. The zero-order chi connectivity index (χ0) is 15.7. The van der Waals surface area contributed by atoms with E-state index in [1.807, 2.05) is 31.2 Å². The van der Waals surface area contributed by atoms with Crippen molar-refractivity contribution in [2.45, 2.75) is 6.92 Å². The van der Waals surface area contributed by atoms with E-state index in [2.05, 4.69) is 5.32 Å². The average molecular weight is 335 g/mol. The number of carbonyl (C=O) groups excluding carboxylic acids is 1. The molecule has 23 heavy (non-hydrogen) atoms. The molecule has 0 bridgehead atoms. The Morgan fingerprint density at radius 1 is 1.04 bits per heavy atom. The maximum Gasteiger partial charge on any atom is 0.259 e. The number of fused-ring (bicyclic) bond motifs is 1. The fourth-order valence-electron chi connectivity index (χ4n) is 2.37. The summed E-state index contributed by atoms with van der Waals surface area (Å²) in [6, 6.07) is 16.1. The Labute approximate surface area is 161 Å². The summed E-state index contributed by atoms with van der Waals surface area (Å²) in [7, 11) is 0. The topological polar surface area (TPSA) is 49.3 Å². The maximum atomic E-state index is 12.4. The first-order chi connectivity index (χ1) is 10.5. The molecule has 3 aromatic carbocycles. The fraction of sp³-hybridized carbons (Fsp3) is 0.0556. The molecule has 0 saturated heterocycles. The van der Waals surface area contributed by atoms with E-state index >= 15 is 0 Å². The monoisotopic (exact) mass is 334 g/mol. The van der Waals surface area contributed by atoms with Gasteiger partial charge >= 0.3 is 0 Å². The van der Waals surface area contributed by atoms with Gasteiger partial charge in [-0.2, -0.15) is 0 Å². The fourth-order valence-corrected chi connectivity index (χ4v) is 2.59. The van der Waals surface area contributed by atoms with Crippen LogP contribution in [0.2, 0.25) is 5.02 Å². The van der Waals surface area contributed by atoms with E-state index in [0.29, 0.717) is 10.7 Å². The molecule has 2 N–H and O–H groups in total. The van der Waals surface area contributed by atoms with E-state index in [9.17, 15) is 9.90 Å². The Bertz CT molecular complexity index is 880. The molecule has 0 unspecified atom stereocenters. The molecule has 5 heteroatoms. The molecule has 111 valence electrons. The summed E-state index contributed by atoms with van der Waals surface area (Å²) < 4.78 is 0. The minimum atomic E-state index is -0.353. The Balaban J connectivity index is 0.00000192. The van der Waals surface area contributed by atoms with Crippen molar-refractivity contribution < 1.29 is 9.90 Å². The number of phenolic OH excluding ortho intramolecular Hbond substituents is 1. The van der Waals surface area contributed by atoms with Crippen molar-refractivity contribution in [2.24, 2.45) is 0 Å². The van der Waals surface area contributed by atoms with Gasteiger partial charge in [-0.25, -0.2) is 0 Å². The van der Waals surface area contributed by atoms with Crippen LogP contribution in [-0.2, 0) is 0 Å². The average Bonchev–Trinajstić information content (AvgIpc) is 2.49. The van der Waals surface area contributed by atoms with E-state index < -0.39 is 0 Å². The Kier molecular flexibility index (Phi) is 5.71. The molecule has 0 heterocycles. The van der Waals surface area contributed by atoms with Crippen LogP contribution in [0.15, 0.2) is 54.6 Å². The summed E-state index contributed by atoms with van der Waals surface area (Å²) in [6.45, 7) is 1.86. The van der Waals surface area contributed by atoms with Gasteiger partial charge in [0.05, 0.1) is 5.56 Å². The standard InChI is InChI=1S/C18H14ClNO2.Na/c1-11-8-14(19)6-7-16(11)20-18(22)15-9-12-4-2-3-5-13(12)10-17(15)21;/h2-10,21H,1H3,(H,20,22);. The number of rotatable bonds is 2. The SMILES string of the molecule is Cc1cc(Cl)ccc1NC(=O)c1cc2ccccc2cc1O.[Na]. The number of carbonyl (C=O) groups is 1. The largest absolute Gasteiger partial charge is 0.507 e. The van der Waals surface area contributed by atoms with Crippen LogP contribution in [0.25, 0.3) is 10.8 Å².